The molecule has 0 radical (unpaired) electrons. The van der Waals surface area contributed by atoms with Crippen LogP contribution in [0.1, 0.15) is 71.6 Å². The molecule has 0 saturated heterocycles. The van der Waals surface area contributed by atoms with Crippen LogP contribution in [0.15, 0.2) is 176 Å². The number of rotatable bonds is 6. The van der Waals surface area contributed by atoms with Crippen molar-refractivity contribution in [3.05, 3.63) is 242 Å². The Morgan fingerprint density at radius 3 is 1.27 bits per heavy atom. The highest BCUT2D eigenvalue weighted by Gasteiger charge is 2.37. The standard InChI is InChI=1S/C33H29N3O2.C17H9Br2NO2.C9H5BrO2.C9H7BrO/c34-15-13-20-1-5-22(6-2-20)24-9-11-27-26(17-24)19-30(37)31(27)32-28-12-10-25(18-29(28)36-33(32)38)23-7-3-21(4-8-23)14-16-35;18-9-1-3-11-8(5-9)6-14(21)15(11)16-12-4-2-10(19)7-13(12)20-17(16)22;10-6-1-2-7-5(3-6)4-8(11)9(7)12;10-8-2-1-6-4-9(11)5-7(6)3-8/h1-12,17-18H,13-16,19,34-35H2,(H,36,38);1-5,7H,6H2,(H,20,22);1-3H,4H2;1-3H,4-5H2/b32-31+;16-15+;;. The molecule has 2 heterocycles. The predicted octanol–water partition coefficient (Wildman–Crippen LogP) is 13.1. The van der Waals surface area contributed by atoms with Crippen LogP contribution in [-0.2, 0) is 73.7 Å². The summed E-state index contributed by atoms with van der Waals surface area (Å²) in [6.45, 7) is 1.24. The van der Waals surface area contributed by atoms with E-state index in [2.05, 4.69) is 129 Å². The van der Waals surface area contributed by atoms with Crippen molar-refractivity contribution in [3.8, 4) is 22.3 Å². The van der Waals surface area contributed by atoms with Gasteiger partial charge in [-0.05, 0) is 159 Å². The highest BCUT2D eigenvalue weighted by atomic mass is 79.9. The second kappa shape index (κ2) is 24.3. The Balaban J connectivity index is 0.000000133. The molecule has 6 aliphatic rings. The van der Waals surface area contributed by atoms with Crippen LogP contribution in [0.5, 0.6) is 0 Å². The van der Waals surface area contributed by atoms with Crippen LogP contribution in [0.4, 0.5) is 11.4 Å². The highest BCUT2D eigenvalue weighted by molar-refractivity contribution is 9.11. The van der Waals surface area contributed by atoms with Crippen LogP contribution >= 0.6 is 63.7 Å². The molecular formula is C68H50Br4N4O7. The number of nitrogens with one attached hydrogen (secondary N) is 2. The van der Waals surface area contributed by atoms with Crippen molar-refractivity contribution in [2.75, 3.05) is 23.7 Å². The Hall–Kier alpha value is -7.63. The Morgan fingerprint density at radius 2 is 0.723 bits per heavy atom. The van der Waals surface area contributed by atoms with E-state index < -0.39 is 0 Å². The SMILES string of the molecule is NCCc1ccc(-c2ccc3c(c2)CC(=O)/C3=C2/C(=O)Nc3cc(-c4ccc(CCN)cc4)ccc32)cc1.O=C1Cc2cc(Br)ccc2/C1=C1\C(=O)Nc2cc(Br)ccc21.O=C1Cc2cc(Br)ccc2C1=O.O=C1Cc2ccc(Br)cc2C1. The van der Waals surface area contributed by atoms with E-state index in [-0.39, 0.29) is 41.4 Å². The molecule has 83 heavy (non-hydrogen) atoms. The summed E-state index contributed by atoms with van der Waals surface area (Å²) < 4.78 is 3.79. The summed E-state index contributed by atoms with van der Waals surface area (Å²) in [6.07, 6.45) is 3.83. The van der Waals surface area contributed by atoms with Crippen LogP contribution in [0.2, 0.25) is 0 Å². The van der Waals surface area contributed by atoms with Gasteiger partial charge < -0.3 is 22.1 Å². The number of fused-ring (bicyclic) bond motifs is 6. The zero-order valence-corrected chi connectivity index (χ0v) is 50.7. The van der Waals surface area contributed by atoms with E-state index in [1.807, 2.05) is 91.0 Å². The fraction of sp³-hybridized carbons (Fsp3) is 0.132. The Kier molecular flexibility index (Phi) is 16.7. The largest absolute Gasteiger partial charge is 0.330 e. The summed E-state index contributed by atoms with van der Waals surface area (Å²) in [5.41, 5.74) is 30.4. The number of Topliss-reactive ketones (excluding diaryl/α,β-unsaturated/α-hetero) is 5. The Morgan fingerprint density at radius 1 is 0.337 bits per heavy atom. The molecule has 11 nitrogen and oxygen atoms in total. The van der Waals surface area contributed by atoms with Crippen molar-refractivity contribution in [2.45, 2.75) is 44.9 Å². The quantitative estimate of drug-likeness (QED) is 0.0925. The molecule has 8 aromatic carbocycles. The number of allylic oxidation sites excluding steroid dienone is 2. The van der Waals surface area contributed by atoms with E-state index in [9.17, 15) is 33.6 Å². The summed E-state index contributed by atoms with van der Waals surface area (Å²) in [4.78, 5) is 84.4. The first kappa shape index (κ1) is 57.2. The second-order valence-electron chi connectivity index (χ2n) is 20.7. The Bertz CT molecular complexity index is 3970. The zero-order valence-electron chi connectivity index (χ0n) is 44.4. The van der Waals surface area contributed by atoms with Gasteiger partial charge in [0.1, 0.15) is 5.78 Å². The van der Waals surface area contributed by atoms with Crippen LogP contribution < -0.4 is 22.1 Å². The number of ketones is 5. The molecule has 0 spiro atoms. The lowest BCUT2D eigenvalue weighted by Crippen LogP contribution is -2.08. The maximum Gasteiger partial charge on any atom is 0.257 e. The van der Waals surface area contributed by atoms with Gasteiger partial charge in [0.25, 0.3) is 11.8 Å². The van der Waals surface area contributed by atoms with Gasteiger partial charge in [-0.1, -0.05) is 161 Å². The molecule has 0 atom stereocenters. The fourth-order valence-electron chi connectivity index (χ4n) is 11.3. The lowest BCUT2D eigenvalue weighted by atomic mass is 9.93. The van der Waals surface area contributed by atoms with E-state index in [0.29, 0.717) is 72.4 Å². The molecule has 4 aliphatic carbocycles. The number of benzene rings is 8. The minimum atomic E-state index is -0.350. The molecule has 412 valence electrons. The number of anilines is 2. The third-order valence-electron chi connectivity index (χ3n) is 15.3. The summed E-state index contributed by atoms with van der Waals surface area (Å²) in [6, 6.07) is 51.3. The van der Waals surface area contributed by atoms with Crippen molar-refractivity contribution in [2.24, 2.45) is 11.5 Å². The summed E-state index contributed by atoms with van der Waals surface area (Å²) in [5.74, 6) is -0.792. The number of hydrogen-bond donors (Lipinski definition) is 4. The minimum Gasteiger partial charge on any atom is -0.330 e. The summed E-state index contributed by atoms with van der Waals surface area (Å²) in [7, 11) is 0. The molecular weight excluding hydrogens is 1300 g/mol. The van der Waals surface area contributed by atoms with Crippen LogP contribution in [-0.4, -0.2) is 53.8 Å². The molecule has 8 aromatic rings. The van der Waals surface area contributed by atoms with Gasteiger partial charge in [-0.25, -0.2) is 0 Å². The minimum absolute atomic E-state index is 0.00554. The zero-order chi connectivity index (χ0) is 58.2. The topological polar surface area (TPSA) is 196 Å². The maximum atomic E-state index is 13.3. The number of carbonyl (C=O) groups excluding carboxylic acids is 7. The van der Waals surface area contributed by atoms with Crippen molar-refractivity contribution in [1.82, 2.24) is 0 Å². The van der Waals surface area contributed by atoms with Crippen LogP contribution in [0.25, 0.3) is 44.5 Å². The first-order chi connectivity index (χ1) is 40.0. The lowest BCUT2D eigenvalue weighted by molar-refractivity contribution is -0.117. The normalized spacial score (nSPS) is 16.6. The van der Waals surface area contributed by atoms with Crippen molar-refractivity contribution >= 4 is 138 Å². The molecule has 0 unspecified atom stereocenters. The third kappa shape index (κ3) is 12.0. The van der Waals surface area contributed by atoms with Gasteiger partial charge in [0.05, 0.1) is 16.8 Å². The van der Waals surface area contributed by atoms with Crippen LogP contribution in [0, 0.1) is 0 Å². The molecule has 14 rings (SSSR count). The van der Waals surface area contributed by atoms with E-state index >= 15 is 0 Å². The first-order valence-electron chi connectivity index (χ1n) is 26.8. The monoisotopic (exact) mass is 1350 g/mol. The molecule has 0 fully saturated rings. The van der Waals surface area contributed by atoms with E-state index in [0.717, 1.165) is 103 Å². The van der Waals surface area contributed by atoms with E-state index in [4.69, 9.17) is 11.5 Å². The van der Waals surface area contributed by atoms with E-state index in [1.165, 1.54) is 22.3 Å². The molecule has 0 saturated carbocycles. The number of hydrogen-bond acceptors (Lipinski definition) is 9. The lowest BCUT2D eigenvalue weighted by Gasteiger charge is -2.09. The fourth-order valence-corrected chi connectivity index (χ4v) is 12.9. The molecule has 0 bridgehead atoms. The smallest absolute Gasteiger partial charge is 0.257 e. The van der Waals surface area contributed by atoms with E-state index in [1.54, 1.807) is 12.1 Å². The number of amides is 2. The molecule has 2 aliphatic heterocycles. The van der Waals surface area contributed by atoms with Gasteiger partial charge in [-0.3, -0.25) is 33.6 Å². The number of carbonyl (C=O) groups is 7. The second-order valence-corrected chi connectivity index (χ2v) is 24.4. The summed E-state index contributed by atoms with van der Waals surface area (Å²) >= 11 is 13.5. The average Bonchev–Trinajstić information content (AvgIpc) is 2.24. The summed E-state index contributed by atoms with van der Waals surface area (Å²) in [5, 5.41) is 5.84. The van der Waals surface area contributed by atoms with Crippen molar-refractivity contribution in [1.29, 1.82) is 0 Å². The Labute approximate surface area is 512 Å². The molecule has 6 N–H and O–H groups in total. The van der Waals surface area contributed by atoms with Gasteiger partial charge in [0.2, 0.25) is 11.6 Å². The molecule has 0 aromatic heterocycles. The van der Waals surface area contributed by atoms with Gasteiger partial charge in [0, 0.05) is 83.5 Å². The molecule has 2 amide bonds. The van der Waals surface area contributed by atoms with Crippen molar-refractivity contribution < 1.29 is 33.6 Å². The van der Waals surface area contributed by atoms with Gasteiger partial charge in [0.15, 0.2) is 11.6 Å². The average molecular weight is 1350 g/mol. The van der Waals surface area contributed by atoms with Gasteiger partial charge >= 0.3 is 0 Å². The van der Waals surface area contributed by atoms with Crippen molar-refractivity contribution in [3.63, 3.8) is 0 Å². The predicted molar refractivity (Wildman–Crippen MR) is 340 cm³/mol. The first-order valence-corrected chi connectivity index (χ1v) is 30.0. The maximum absolute atomic E-state index is 13.3. The molecule has 15 heteroatoms. The third-order valence-corrected chi connectivity index (χ3v) is 17.2. The van der Waals surface area contributed by atoms with Gasteiger partial charge in [-0.15, -0.1) is 0 Å². The highest BCUT2D eigenvalue weighted by Crippen LogP contribution is 2.45. The number of halogens is 4. The number of nitrogens with two attached hydrogens (primary N) is 2. The van der Waals surface area contributed by atoms with Gasteiger partial charge in [-0.2, -0.15) is 0 Å². The van der Waals surface area contributed by atoms with Crippen LogP contribution in [0.3, 0.4) is 0 Å².